The Morgan fingerprint density at radius 2 is 1.89 bits per heavy atom. The van der Waals surface area contributed by atoms with Gasteiger partial charge in [-0.3, -0.25) is 10.1 Å². The lowest BCUT2D eigenvalue weighted by molar-refractivity contribution is -0.840. The second kappa shape index (κ2) is 7.55. The van der Waals surface area contributed by atoms with Crippen molar-refractivity contribution < 1.29 is 14.3 Å². The maximum atomic E-state index is 13.0. The SMILES string of the molecule is COc1ccc2nc3ccccc3c(N([O-])CCC[N+](C)(C)[O-])c2c1[N+](=O)[O-]. The predicted molar refractivity (Wildman–Crippen MR) is 108 cm³/mol. The summed E-state index contributed by atoms with van der Waals surface area (Å²) in [6, 6.07) is 10.1. The number of benzene rings is 2. The molecule has 0 fully saturated rings. The summed E-state index contributed by atoms with van der Waals surface area (Å²) in [4.78, 5) is 15.7. The second-order valence-electron chi connectivity index (χ2n) is 7.00. The Kier molecular flexibility index (Phi) is 5.32. The molecule has 1 aromatic heterocycles. The first kappa shape index (κ1) is 19.7. The zero-order valence-electron chi connectivity index (χ0n) is 15.9. The zero-order valence-corrected chi connectivity index (χ0v) is 15.9. The molecule has 0 aliphatic rings. The molecule has 0 radical (unpaired) electrons. The summed E-state index contributed by atoms with van der Waals surface area (Å²) in [5.74, 6) is 0.0570. The van der Waals surface area contributed by atoms with E-state index in [4.69, 9.17) is 4.74 Å². The number of rotatable bonds is 7. The van der Waals surface area contributed by atoms with Crippen LogP contribution in [0, 0.1) is 20.5 Å². The number of hydrogen-bond acceptors (Lipinski definition) is 7. The van der Waals surface area contributed by atoms with Gasteiger partial charge in [0.05, 0.1) is 49.4 Å². The molecule has 3 aromatic rings. The summed E-state index contributed by atoms with van der Waals surface area (Å²) in [5.41, 5.74) is 0.767. The molecule has 148 valence electrons. The van der Waals surface area contributed by atoms with Crippen LogP contribution in [0.1, 0.15) is 6.42 Å². The monoisotopic (exact) mass is 385 g/mol. The minimum absolute atomic E-state index is 0.0292. The fourth-order valence-electron chi connectivity index (χ4n) is 3.24. The Morgan fingerprint density at radius 1 is 1.18 bits per heavy atom. The number of nitro benzene ring substituents is 1. The van der Waals surface area contributed by atoms with E-state index >= 15 is 0 Å². The van der Waals surface area contributed by atoms with Crippen molar-refractivity contribution in [2.24, 2.45) is 0 Å². The Morgan fingerprint density at radius 3 is 2.54 bits per heavy atom. The van der Waals surface area contributed by atoms with Crippen LogP contribution in [-0.4, -0.2) is 48.8 Å². The smallest absolute Gasteiger partial charge is 0.322 e. The average Bonchev–Trinajstić information content (AvgIpc) is 2.63. The summed E-state index contributed by atoms with van der Waals surface area (Å²) in [6.45, 7) is 0.284. The molecule has 2 aromatic carbocycles. The molecule has 9 nitrogen and oxygen atoms in total. The first-order valence-electron chi connectivity index (χ1n) is 8.75. The topological polar surface area (TPSA) is 115 Å². The van der Waals surface area contributed by atoms with E-state index in [-0.39, 0.29) is 35.6 Å². The number of methoxy groups -OCH3 is 1. The fraction of sp³-hybridized carbons (Fsp3) is 0.316. The van der Waals surface area contributed by atoms with Crippen LogP contribution in [0.5, 0.6) is 5.75 Å². The average molecular weight is 385 g/mol. The standard InChI is InChI=1S/C19H21N4O5/c1-23(2,27)12-6-11-21(24)18-13-7-4-5-8-14(13)20-15-9-10-16(28-3)19(17(15)18)22(25)26/h4-5,7-10H,6,11-12H2,1-3H3/q-1. The molecule has 28 heavy (non-hydrogen) atoms. The van der Waals surface area contributed by atoms with Crippen LogP contribution in [0.25, 0.3) is 21.8 Å². The number of nitrogens with zero attached hydrogens (tertiary/aromatic N) is 4. The maximum Gasteiger partial charge on any atom is 0.322 e. The molecule has 1 heterocycles. The first-order chi connectivity index (χ1) is 13.2. The van der Waals surface area contributed by atoms with E-state index in [9.17, 15) is 20.5 Å². The highest BCUT2D eigenvalue weighted by Crippen LogP contribution is 2.43. The highest BCUT2D eigenvalue weighted by molar-refractivity contribution is 6.12. The molecular weight excluding hydrogens is 364 g/mol. The third-order valence-corrected chi connectivity index (χ3v) is 4.47. The van der Waals surface area contributed by atoms with Gasteiger partial charge in [-0.1, -0.05) is 18.2 Å². The molecule has 0 saturated carbocycles. The van der Waals surface area contributed by atoms with Crippen molar-refractivity contribution in [2.75, 3.05) is 39.4 Å². The maximum absolute atomic E-state index is 13.0. The van der Waals surface area contributed by atoms with Gasteiger partial charge in [0.2, 0.25) is 0 Å². The molecule has 9 heteroatoms. The van der Waals surface area contributed by atoms with E-state index in [1.54, 1.807) is 30.3 Å². The largest absolute Gasteiger partial charge is 0.758 e. The molecule has 3 rings (SSSR count). The van der Waals surface area contributed by atoms with E-state index in [2.05, 4.69) is 4.98 Å². The number of aromatic nitrogens is 1. The van der Waals surface area contributed by atoms with Crippen LogP contribution < -0.4 is 9.80 Å². The van der Waals surface area contributed by atoms with Gasteiger partial charge in [-0.15, -0.1) is 0 Å². The summed E-state index contributed by atoms with van der Waals surface area (Å²) < 4.78 is 4.64. The third-order valence-electron chi connectivity index (χ3n) is 4.47. The van der Waals surface area contributed by atoms with E-state index in [0.717, 1.165) is 0 Å². The van der Waals surface area contributed by atoms with E-state index in [1.807, 2.05) is 0 Å². The summed E-state index contributed by atoms with van der Waals surface area (Å²) in [6.07, 6.45) is 0.343. The highest BCUT2D eigenvalue weighted by atomic mass is 16.6. The van der Waals surface area contributed by atoms with Gasteiger partial charge in [0.15, 0.2) is 5.75 Å². The van der Waals surface area contributed by atoms with Crippen LogP contribution in [0.15, 0.2) is 36.4 Å². The van der Waals surface area contributed by atoms with Crippen molar-refractivity contribution >= 4 is 33.2 Å². The minimum Gasteiger partial charge on any atom is -0.758 e. The molecule has 0 bridgehead atoms. The quantitative estimate of drug-likeness (QED) is 0.264. The first-order valence-corrected chi connectivity index (χ1v) is 8.75. The third kappa shape index (κ3) is 3.81. The van der Waals surface area contributed by atoms with Gasteiger partial charge in [0.25, 0.3) is 0 Å². The number of hydroxylamine groups is 4. The van der Waals surface area contributed by atoms with Crippen LogP contribution in [0.4, 0.5) is 11.4 Å². The van der Waals surface area contributed by atoms with Gasteiger partial charge in [0.1, 0.15) is 5.39 Å². The van der Waals surface area contributed by atoms with Crippen molar-refractivity contribution in [3.8, 4) is 5.75 Å². The molecule has 0 spiro atoms. The molecule has 0 atom stereocenters. The number of nitro groups is 1. The lowest BCUT2D eigenvalue weighted by Gasteiger charge is -2.37. The highest BCUT2D eigenvalue weighted by Gasteiger charge is 2.25. The van der Waals surface area contributed by atoms with E-state index < -0.39 is 9.57 Å². The predicted octanol–water partition coefficient (Wildman–Crippen LogP) is 3.57. The van der Waals surface area contributed by atoms with Gasteiger partial charge in [-0.25, -0.2) is 4.98 Å². The molecule has 0 amide bonds. The molecule has 0 aliphatic heterocycles. The Hall–Kier alpha value is -3.01. The van der Waals surface area contributed by atoms with Crippen LogP contribution in [0.3, 0.4) is 0 Å². The summed E-state index contributed by atoms with van der Waals surface area (Å²) >= 11 is 0. The number of fused-ring (bicyclic) bond motifs is 2. The van der Waals surface area contributed by atoms with Gasteiger partial charge in [-0.2, -0.15) is 0 Å². The van der Waals surface area contributed by atoms with E-state index in [1.165, 1.54) is 27.3 Å². The fourth-order valence-corrected chi connectivity index (χ4v) is 3.24. The van der Waals surface area contributed by atoms with Gasteiger partial charge in [0, 0.05) is 18.4 Å². The Labute approximate surface area is 161 Å². The van der Waals surface area contributed by atoms with Crippen LogP contribution in [-0.2, 0) is 0 Å². The minimum atomic E-state index is -0.563. The van der Waals surface area contributed by atoms with E-state index in [0.29, 0.717) is 27.9 Å². The van der Waals surface area contributed by atoms with Gasteiger partial charge in [-0.05, 0) is 18.2 Å². The van der Waals surface area contributed by atoms with Crippen LogP contribution >= 0.6 is 0 Å². The number of anilines is 1. The normalized spacial score (nSPS) is 11.8. The summed E-state index contributed by atoms with van der Waals surface area (Å²) in [5, 5.41) is 38.0. The summed E-state index contributed by atoms with van der Waals surface area (Å²) in [7, 11) is 4.34. The molecule has 0 N–H and O–H groups in total. The molecule has 0 unspecified atom stereocenters. The lowest BCUT2D eigenvalue weighted by atomic mass is 10.0. The number of quaternary nitrogens is 1. The molecule has 0 aliphatic carbocycles. The van der Waals surface area contributed by atoms with Gasteiger partial charge < -0.3 is 24.9 Å². The number of ether oxygens (including phenoxy) is 1. The number of pyridine rings is 1. The lowest BCUT2D eigenvalue weighted by Crippen LogP contribution is -2.35. The Balaban J connectivity index is 2.25. The number of para-hydroxylation sites is 1. The van der Waals surface area contributed by atoms with Crippen molar-refractivity contribution in [1.82, 2.24) is 4.98 Å². The zero-order chi connectivity index (χ0) is 20.5. The molecule has 0 saturated heterocycles. The second-order valence-corrected chi connectivity index (χ2v) is 7.00. The van der Waals surface area contributed by atoms with Crippen molar-refractivity contribution in [1.29, 1.82) is 0 Å². The Bertz CT molecular complexity index is 1030. The van der Waals surface area contributed by atoms with Crippen LogP contribution in [0.2, 0.25) is 0 Å². The van der Waals surface area contributed by atoms with Crippen molar-refractivity contribution in [3.63, 3.8) is 0 Å². The number of hydrogen-bond donors (Lipinski definition) is 0. The molecular formula is C19H21N4O5-. The van der Waals surface area contributed by atoms with Crippen molar-refractivity contribution in [2.45, 2.75) is 6.42 Å². The van der Waals surface area contributed by atoms with Crippen molar-refractivity contribution in [3.05, 3.63) is 56.9 Å². The van der Waals surface area contributed by atoms with Gasteiger partial charge >= 0.3 is 5.69 Å².